The molecule has 0 amide bonds. The van der Waals surface area contributed by atoms with Gasteiger partial charge in [-0.15, -0.1) is 0 Å². The molecule has 1 aliphatic rings. The average Bonchev–Trinajstić information content (AvgIpc) is 3.01. The molecule has 4 rings (SSSR count). The molecule has 1 aliphatic carbocycles. The van der Waals surface area contributed by atoms with E-state index >= 15 is 0 Å². The van der Waals surface area contributed by atoms with Crippen molar-refractivity contribution >= 4 is 23.9 Å². The van der Waals surface area contributed by atoms with Gasteiger partial charge in [-0.25, -0.2) is 0 Å². The van der Waals surface area contributed by atoms with Gasteiger partial charge in [0, 0.05) is 17.1 Å². The Kier molecular flexibility index (Phi) is 3.62. The van der Waals surface area contributed by atoms with E-state index in [1.807, 2.05) is 36.5 Å². The highest BCUT2D eigenvalue weighted by atomic mass is 14.7. The molecule has 0 unspecified atom stereocenters. The molecule has 1 aromatic heterocycles. The summed E-state index contributed by atoms with van der Waals surface area (Å²) in [7, 11) is 0. The molecule has 0 saturated heterocycles. The molecular formula is C23H19N. The van der Waals surface area contributed by atoms with Crippen molar-refractivity contribution in [2.24, 2.45) is 0 Å². The first kappa shape index (κ1) is 14.6. The summed E-state index contributed by atoms with van der Waals surface area (Å²) in [6.07, 6.45) is 4.24. The summed E-state index contributed by atoms with van der Waals surface area (Å²) in [5.41, 5.74) is 4.87. The Balaban J connectivity index is 2.07. The highest BCUT2D eigenvalue weighted by molar-refractivity contribution is 5.99. The maximum absolute atomic E-state index is 4.79. The van der Waals surface area contributed by atoms with Crippen LogP contribution in [0.5, 0.6) is 0 Å². The largest absolute Gasteiger partial charge is 0.255 e. The van der Waals surface area contributed by atoms with Crippen molar-refractivity contribution in [3.63, 3.8) is 0 Å². The Hall–Kier alpha value is -2.93. The minimum Gasteiger partial charge on any atom is -0.255 e. The second kappa shape index (κ2) is 5.93. The van der Waals surface area contributed by atoms with Crippen LogP contribution in [0.15, 0.2) is 66.9 Å². The van der Waals surface area contributed by atoms with E-state index in [-0.39, 0.29) is 0 Å². The van der Waals surface area contributed by atoms with E-state index < -0.39 is 0 Å². The van der Waals surface area contributed by atoms with E-state index in [2.05, 4.69) is 43.5 Å². The van der Waals surface area contributed by atoms with Crippen molar-refractivity contribution < 1.29 is 0 Å². The van der Waals surface area contributed by atoms with Crippen molar-refractivity contribution in [1.29, 1.82) is 0 Å². The maximum Gasteiger partial charge on any atom is 0.0780 e. The van der Waals surface area contributed by atoms with E-state index in [0.29, 0.717) is 0 Å². The van der Waals surface area contributed by atoms with Crippen molar-refractivity contribution in [2.75, 3.05) is 0 Å². The zero-order valence-corrected chi connectivity index (χ0v) is 13.6. The van der Waals surface area contributed by atoms with Gasteiger partial charge in [-0.3, -0.25) is 4.98 Å². The monoisotopic (exact) mass is 309 g/mol. The van der Waals surface area contributed by atoms with Crippen molar-refractivity contribution in [3.8, 4) is 11.3 Å². The number of hydrogen-bond acceptors (Lipinski definition) is 1. The molecule has 0 saturated carbocycles. The molecule has 0 atom stereocenters. The molecular weight excluding hydrogens is 290 g/mol. The van der Waals surface area contributed by atoms with Crippen molar-refractivity contribution in [1.82, 2.24) is 4.98 Å². The molecule has 1 heterocycles. The molecule has 0 fully saturated rings. The summed E-state index contributed by atoms with van der Waals surface area (Å²) >= 11 is 0. The van der Waals surface area contributed by atoms with Crippen molar-refractivity contribution in [3.05, 3.63) is 88.4 Å². The van der Waals surface area contributed by atoms with Gasteiger partial charge in [0.1, 0.15) is 0 Å². The van der Waals surface area contributed by atoms with Crippen LogP contribution in [-0.4, -0.2) is 4.98 Å². The molecule has 24 heavy (non-hydrogen) atoms. The smallest absolute Gasteiger partial charge is 0.0780 e. The first-order chi connectivity index (χ1) is 11.7. The Morgan fingerprint density at radius 2 is 1.54 bits per heavy atom. The Morgan fingerprint density at radius 1 is 0.750 bits per heavy atom. The minimum atomic E-state index is 0.955. The predicted octanol–water partition coefficient (Wildman–Crippen LogP) is 3.95. The van der Waals surface area contributed by atoms with Gasteiger partial charge in [-0.05, 0) is 45.9 Å². The first-order valence-corrected chi connectivity index (χ1v) is 8.24. The quantitative estimate of drug-likeness (QED) is 0.663. The lowest BCUT2D eigenvalue weighted by atomic mass is 10.0. The van der Waals surface area contributed by atoms with E-state index in [4.69, 9.17) is 4.98 Å². The summed E-state index contributed by atoms with van der Waals surface area (Å²) in [5.74, 6) is 0. The summed E-state index contributed by atoms with van der Waals surface area (Å²) in [4.78, 5) is 4.79. The zero-order chi connectivity index (χ0) is 16.5. The van der Waals surface area contributed by atoms with Gasteiger partial charge in [-0.2, -0.15) is 0 Å². The molecule has 1 nitrogen and oxygen atoms in total. The number of aryl methyl sites for hydroxylation is 2. The van der Waals surface area contributed by atoms with Gasteiger partial charge in [0.25, 0.3) is 0 Å². The SMILES string of the molecule is C=c1ccccc(=C)cc(-c2ncc3c4c(cccc24)CC3)cc1. The summed E-state index contributed by atoms with van der Waals surface area (Å²) < 4.78 is 0. The van der Waals surface area contributed by atoms with Gasteiger partial charge in [-0.1, -0.05) is 67.8 Å². The topological polar surface area (TPSA) is 12.9 Å². The van der Waals surface area contributed by atoms with Crippen LogP contribution >= 0.6 is 0 Å². The third-order valence-corrected chi connectivity index (χ3v) is 4.56. The number of hydrogen-bond donors (Lipinski definition) is 0. The van der Waals surface area contributed by atoms with Crippen LogP contribution < -0.4 is 10.4 Å². The molecule has 0 N–H and O–H groups in total. The highest BCUT2D eigenvalue weighted by Crippen LogP contribution is 2.34. The summed E-state index contributed by atoms with van der Waals surface area (Å²) in [5, 5.41) is 4.53. The van der Waals surface area contributed by atoms with Gasteiger partial charge in [0.05, 0.1) is 5.69 Å². The van der Waals surface area contributed by atoms with Gasteiger partial charge in [0.15, 0.2) is 0 Å². The summed E-state index contributed by atoms with van der Waals surface area (Å²) in [6, 6.07) is 20.7. The van der Waals surface area contributed by atoms with E-state index in [1.165, 1.54) is 21.9 Å². The minimum absolute atomic E-state index is 0.955. The predicted molar refractivity (Wildman–Crippen MR) is 103 cm³/mol. The van der Waals surface area contributed by atoms with Crippen LogP contribution in [0.3, 0.4) is 0 Å². The second-order valence-electron chi connectivity index (χ2n) is 6.27. The fourth-order valence-corrected chi connectivity index (χ4v) is 3.40. The second-order valence-corrected chi connectivity index (χ2v) is 6.27. The van der Waals surface area contributed by atoms with Crippen LogP contribution in [0.1, 0.15) is 11.1 Å². The Bertz CT molecular complexity index is 1080. The lowest BCUT2D eigenvalue weighted by molar-refractivity contribution is 1.02. The number of rotatable bonds is 1. The molecule has 0 aliphatic heterocycles. The fraction of sp³-hybridized carbons (Fsp3) is 0.0870. The third-order valence-electron chi connectivity index (χ3n) is 4.56. The first-order valence-electron chi connectivity index (χ1n) is 8.24. The Labute approximate surface area is 142 Å². The lowest BCUT2D eigenvalue weighted by Gasteiger charge is -2.07. The zero-order valence-electron chi connectivity index (χ0n) is 13.6. The molecule has 2 aromatic carbocycles. The highest BCUT2D eigenvalue weighted by Gasteiger charge is 2.16. The van der Waals surface area contributed by atoms with E-state index in [0.717, 1.165) is 34.5 Å². The molecule has 0 spiro atoms. The van der Waals surface area contributed by atoms with Crippen LogP contribution in [0.25, 0.3) is 35.2 Å². The van der Waals surface area contributed by atoms with E-state index in [1.54, 1.807) is 0 Å². The molecule has 1 heteroatoms. The maximum atomic E-state index is 4.79. The fourth-order valence-electron chi connectivity index (χ4n) is 3.40. The number of benzene rings is 1. The summed E-state index contributed by atoms with van der Waals surface area (Å²) in [6.45, 7) is 8.19. The normalized spacial score (nSPS) is 12.2. The molecule has 3 aromatic rings. The van der Waals surface area contributed by atoms with Gasteiger partial charge >= 0.3 is 0 Å². The standard InChI is InChI=1S/C23H19N/c1-16-6-3-4-7-17(2)14-19(11-10-16)23-21-9-5-8-18-12-13-20(15-24-23)22(18)21/h3-11,14-15H,1-2,12-13H2. The third kappa shape index (κ3) is 2.59. The Morgan fingerprint density at radius 3 is 2.42 bits per heavy atom. The van der Waals surface area contributed by atoms with Crippen LogP contribution in [-0.2, 0) is 12.8 Å². The number of aromatic nitrogens is 1. The van der Waals surface area contributed by atoms with Crippen LogP contribution in [0.2, 0.25) is 0 Å². The van der Waals surface area contributed by atoms with Gasteiger partial charge < -0.3 is 0 Å². The van der Waals surface area contributed by atoms with E-state index in [9.17, 15) is 0 Å². The molecule has 0 radical (unpaired) electrons. The van der Waals surface area contributed by atoms with Crippen LogP contribution in [0, 0.1) is 0 Å². The average molecular weight is 309 g/mol. The van der Waals surface area contributed by atoms with Gasteiger partial charge in [0.2, 0.25) is 0 Å². The number of nitrogens with zero attached hydrogens (tertiary/aromatic N) is 1. The molecule has 116 valence electrons. The number of pyridine rings is 1. The van der Waals surface area contributed by atoms with Crippen LogP contribution in [0.4, 0.5) is 0 Å². The lowest BCUT2D eigenvalue weighted by Crippen LogP contribution is -1.97. The van der Waals surface area contributed by atoms with Crippen molar-refractivity contribution in [2.45, 2.75) is 12.8 Å². The molecule has 0 bridgehead atoms.